The first kappa shape index (κ1) is 25.4. The van der Waals surface area contributed by atoms with Gasteiger partial charge in [-0.05, 0) is 97.2 Å². The van der Waals surface area contributed by atoms with E-state index in [1.807, 2.05) is 6.92 Å². The van der Waals surface area contributed by atoms with E-state index in [2.05, 4.69) is 34.6 Å². The van der Waals surface area contributed by atoms with Crippen molar-refractivity contribution in [1.29, 1.82) is 0 Å². The smallest absolute Gasteiger partial charge is 0.309 e. The minimum absolute atomic E-state index is 0.0363. The van der Waals surface area contributed by atoms with E-state index in [0.717, 1.165) is 38.5 Å². The molecule has 0 spiro atoms. The number of carbonyl (C=O) groups is 1. The van der Waals surface area contributed by atoms with E-state index in [0.29, 0.717) is 42.6 Å². The van der Waals surface area contributed by atoms with Gasteiger partial charge in [0.15, 0.2) is 0 Å². The second-order valence-electron chi connectivity index (χ2n) is 13.2. The molecule has 5 nitrogen and oxygen atoms in total. The van der Waals surface area contributed by atoms with Crippen molar-refractivity contribution in [3.8, 4) is 0 Å². The third-order valence-corrected chi connectivity index (χ3v) is 11.5. The highest BCUT2D eigenvalue weighted by atomic mass is 16.5. The van der Waals surface area contributed by atoms with Gasteiger partial charge in [0.2, 0.25) is 0 Å². The second kappa shape index (κ2) is 9.09. The average Bonchev–Trinajstić information content (AvgIpc) is 3.08. The van der Waals surface area contributed by atoms with E-state index < -0.39 is 12.2 Å². The topological polar surface area (TPSA) is 87.0 Å². The average molecular weight is 465 g/mol. The fraction of sp³-hybridized carbons (Fsp3) is 0.964. The molecule has 190 valence electrons. The SMILES string of the molecule is CC(C)[C@H](C)[C@@H](O)[C@H](O)[C@@H](C)[C@H]1CC[C@H]2[C@@H]3COC(=O)[C@H]4C[C@H](O)CC[C@]4(C)[C@H]3CC[C@]12C. The molecule has 33 heavy (non-hydrogen) atoms. The van der Waals surface area contributed by atoms with Gasteiger partial charge in [-0.15, -0.1) is 0 Å². The standard InChI is InChI=1S/C28H48O5/c1-15(2)16(3)24(30)25(31)17(4)20-7-8-21-19-14-33-26(32)23-13-18(29)9-11-28(23,6)22(19)10-12-27(20,21)5/h15-25,29-31H,7-14H2,1-6H3/t16-,17-,18+,19-,20+,21-,22-,23+,24+,25+,27+,28+/m0/s1. The number of hydrogen-bond acceptors (Lipinski definition) is 5. The third-order valence-electron chi connectivity index (χ3n) is 11.5. The van der Waals surface area contributed by atoms with Gasteiger partial charge in [0, 0.05) is 0 Å². The molecule has 0 amide bonds. The van der Waals surface area contributed by atoms with Crippen LogP contribution in [0.5, 0.6) is 0 Å². The summed E-state index contributed by atoms with van der Waals surface area (Å²) in [7, 11) is 0. The molecular formula is C28H48O5. The van der Waals surface area contributed by atoms with Crippen LogP contribution >= 0.6 is 0 Å². The van der Waals surface area contributed by atoms with Crippen LogP contribution in [-0.4, -0.2) is 46.2 Å². The Morgan fingerprint density at radius 1 is 0.909 bits per heavy atom. The zero-order valence-corrected chi connectivity index (χ0v) is 21.7. The lowest BCUT2D eigenvalue weighted by Crippen LogP contribution is -2.52. The van der Waals surface area contributed by atoms with Crippen LogP contribution in [0.3, 0.4) is 0 Å². The summed E-state index contributed by atoms with van der Waals surface area (Å²) in [4.78, 5) is 13.0. The molecule has 0 aromatic carbocycles. The number of ether oxygens (including phenoxy) is 1. The van der Waals surface area contributed by atoms with Crippen LogP contribution in [0.25, 0.3) is 0 Å². The quantitative estimate of drug-likeness (QED) is 0.524. The molecule has 0 aromatic heterocycles. The van der Waals surface area contributed by atoms with Crippen molar-refractivity contribution in [2.45, 2.75) is 105 Å². The molecule has 4 rings (SSSR count). The minimum Gasteiger partial charge on any atom is -0.465 e. The van der Waals surface area contributed by atoms with E-state index in [-0.39, 0.29) is 40.7 Å². The van der Waals surface area contributed by atoms with E-state index in [1.54, 1.807) is 0 Å². The van der Waals surface area contributed by atoms with Gasteiger partial charge < -0.3 is 20.1 Å². The summed E-state index contributed by atoms with van der Waals surface area (Å²) in [6.07, 6.45) is 4.78. The number of hydrogen-bond donors (Lipinski definition) is 3. The lowest BCUT2D eigenvalue weighted by Gasteiger charge is -2.55. The highest BCUT2D eigenvalue weighted by Crippen LogP contribution is 2.66. The highest BCUT2D eigenvalue weighted by molar-refractivity contribution is 5.74. The Morgan fingerprint density at radius 3 is 2.21 bits per heavy atom. The van der Waals surface area contributed by atoms with Gasteiger partial charge in [0.25, 0.3) is 0 Å². The molecule has 1 heterocycles. The summed E-state index contributed by atoms with van der Waals surface area (Å²) in [5.74, 6) is 1.78. The van der Waals surface area contributed by atoms with Gasteiger partial charge in [0.1, 0.15) is 0 Å². The maximum Gasteiger partial charge on any atom is 0.309 e. The van der Waals surface area contributed by atoms with Crippen molar-refractivity contribution in [3.05, 3.63) is 0 Å². The first-order valence-corrected chi connectivity index (χ1v) is 13.6. The molecule has 1 aliphatic heterocycles. The van der Waals surface area contributed by atoms with Crippen molar-refractivity contribution in [2.24, 2.45) is 58.2 Å². The molecule has 4 aliphatic rings. The van der Waals surface area contributed by atoms with Gasteiger partial charge in [0.05, 0.1) is 30.8 Å². The summed E-state index contributed by atoms with van der Waals surface area (Å²) in [5.41, 5.74) is 0.00402. The maximum absolute atomic E-state index is 13.0. The van der Waals surface area contributed by atoms with Crippen LogP contribution in [-0.2, 0) is 9.53 Å². The van der Waals surface area contributed by atoms with Crippen molar-refractivity contribution in [2.75, 3.05) is 6.61 Å². The predicted octanol–water partition coefficient (Wildman–Crippen LogP) is 4.42. The molecule has 0 bridgehead atoms. The molecule has 3 aliphatic carbocycles. The van der Waals surface area contributed by atoms with Crippen LogP contribution in [0, 0.1) is 58.2 Å². The largest absolute Gasteiger partial charge is 0.465 e. The van der Waals surface area contributed by atoms with Crippen LogP contribution in [0.15, 0.2) is 0 Å². The minimum atomic E-state index is -0.714. The molecule has 0 aromatic rings. The molecule has 5 heteroatoms. The Balaban J connectivity index is 1.56. The first-order valence-electron chi connectivity index (χ1n) is 13.6. The van der Waals surface area contributed by atoms with Crippen molar-refractivity contribution in [1.82, 2.24) is 0 Å². The number of aliphatic hydroxyl groups is 3. The highest BCUT2D eigenvalue weighted by Gasteiger charge is 2.62. The Bertz CT molecular complexity index is 723. The molecular weight excluding hydrogens is 416 g/mol. The first-order chi connectivity index (χ1) is 15.4. The molecule has 4 fully saturated rings. The van der Waals surface area contributed by atoms with Gasteiger partial charge >= 0.3 is 5.97 Å². The van der Waals surface area contributed by atoms with Gasteiger partial charge in [-0.3, -0.25) is 4.79 Å². The Kier molecular flexibility index (Phi) is 7.01. The molecule has 1 saturated heterocycles. The van der Waals surface area contributed by atoms with Crippen LogP contribution < -0.4 is 0 Å². The summed E-state index contributed by atoms with van der Waals surface area (Å²) >= 11 is 0. The Hall–Kier alpha value is -0.650. The molecule has 3 saturated carbocycles. The lowest BCUT2D eigenvalue weighted by atomic mass is 9.48. The van der Waals surface area contributed by atoms with Crippen LogP contribution in [0.4, 0.5) is 0 Å². The summed E-state index contributed by atoms with van der Waals surface area (Å²) in [6, 6.07) is 0. The fourth-order valence-electron chi connectivity index (χ4n) is 8.90. The Labute approximate surface area is 200 Å². The Morgan fingerprint density at radius 2 is 1.55 bits per heavy atom. The fourth-order valence-corrected chi connectivity index (χ4v) is 8.90. The lowest BCUT2D eigenvalue weighted by molar-refractivity contribution is -0.155. The number of carbonyl (C=O) groups excluding carboxylic acids is 1. The monoisotopic (exact) mass is 464 g/mol. The van der Waals surface area contributed by atoms with Crippen molar-refractivity contribution in [3.63, 3.8) is 0 Å². The zero-order chi connectivity index (χ0) is 24.3. The number of aliphatic hydroxyl groups excluding tert-OH is 3. The van der Waals surface area contributed by atoms with Gasteiger partial charge in [-0.25, -0.2) is 0 Å². The predicted molar refractivity (Wildman–Crippen MR) is 128 cm³/mol. The van der Waals surface area contributed by atoms with E-state index in [1.165, 1.54) is 0 Å². The van der Waals surface area contributed by atoms with Crippen LogP contribution in [0.2, 0.25) is 0 Å². The zero-order valence-electron chi connectivity index (χ0n) is 21.7. The number of cyclic esters (lactones) is 1. The maximum atomic E-state index is 13.0. The molecule has 3 N–H and O–H groups in total. The van der Waals surface area contributed by atoms with Crippen LogP contribution in [0.1, 0.15) is 86.5 Å². The molecule has 12 atom stereocenters. The summed E-state index contributed by atoms with van der Waals surface area (Å²) < 4.78 is 5.91. The normalized spacial score (nSPS) is 46.9. The van der Waals surface area contributed by atoms with Gasteiger partial charge in [-0.1, -0.05) is 41.5 Å². The summed E-state index contributed by atoms with van der Waals surface area (Å²) in [6.45, 7) is 13.6. The number of fused-ring (bicyclic) bond motifs is 5. The van der Waals surface area contributed by atoms with E-state index in [9.17, 15) is 20.1 Å². The van der Waals surface area contributed by atoms with Gasteiger partial charge in [-0.2, -0.15) is 0 Å². The van der Waals surface area contributed by atoms with Crippen molar-refractivity contribution < 1.29 is 24.9 Å². The molecule has 0 radical (unpaired) electrons. The van der Waals surface area contributed by atoms with E-state index in [4.69, 9.17) is 4.74 Å². The number of esters is 1. The summed E-state index contributed by atoms with van der Waals surface area (Å²) in [5, 5.41) is 32.3. The molecule has 0 unspecified atom stereocenters. The van der Waals surface area contributed by atoms with Crippen molar-refractivity contribution >= 4 is 5.97 Å². The third kappa shape index (κ3) is 4.08. The second-order valence-corrected chi connectivity index (χ2v) is 13.2. The van der Waals surface area contributed by atoms with E-state index >= 15 is 0 Å². The number of rotatable bonds is 5.